The second kappa shape index (κ2) is 3.05. The Bertz CT molecular complexity index is 646. The molecule has 1 aromatic rings. The van der Waals surface area contributed by atoms with Crippen molar-refractivity contribution in [1.82, 2.24) is 0 Å². The van der Waals surface area contributed by atoms with Gasteiger partial charge < -0.3 is 10.2 Å². The normalized spacial score (nSPS) is 36.9. The van der Waals surface area contributed by atoms with Crippen LogP contribution in [0.4, 0.5) is 0 Å². The number of Topliss-reactive ketones (excluding diaryl/α,β-unsaturated/α-hetero) is 1. The number of nitrogens with zero attached hydrogens (tertiary/aromatic N) is 2. The van der Waals surface area contributed by atoms with E-state index in [4.69, 9.17) is 5.26 Å². The van der Waals surface area contributed by atoms with Crippen molar-refractivity contribution >= 4 is 11.5 Å². The third-order valence-electron chi connectivity index (χ3n) is 3.73. The maximum Gasteiger partial charge on any atom is 0.221 e. The number of benzene rings is 1. The molecule has 2 N–H and O–H groups in total. The quantitative estimate of drug-likeness (QED) is 0.687. The Balaban J connectivity index is 2.36. The van der Waals surface area contributed by atoms with Crippen LogP contribution in [0.5, 0.6) is 0 Å². The molecule has 3 rings (SSSR count). The zero-order valence-electron chi connectivity index (χ0n) is 9.58. The first-order valence-corrected chi connectivity index (χ1v) is 5.52. The molecule has 18 heavy (non-hydrogen) atoms. The van der Waals surface area contributed by atoms with Crippen LogP contribution in [0, 0.1) is 17.2 Å². The first-order chi connectivity index (χ1) is 8.46. The maximum atomic E-state index is 12.3. The van der Waals surface area contributed by atoms with Gasteiger partial charge in [0.05, 0.1) is 6.07 Å². The standard InChI is InChI=1S/C13H10N2O3/c1-7-10(6-14)12(17)11(16)8-4-2-3-5-9(8)13(12,18)15-7/h2-5,10,17-18H,1H3/t10?,12-,13+/m1/s1. The smallest absolute Gasteiger partial charge is 0.221 e. The molecule has 1 unspecified atom stereocenters. The number of rotatable bonds is 0. The van der Waals surface area contributed by atoms with Gasteiger partial charge in [-0.15, -0.1) is 0 Å². The highest BCUT2D eigenvalue weighted by molar-refractivity contribution is 6.14. The second-order valence-corrected chi connectivity index (χ2v) is 4.63. The van der Waals surface area contributed by atoms with Crippen molar-refractivity contribution in [2.24, 2.45) is 10.9 Å². The van der Waals surface area contributed by atoms with Gasteiger partial charge in [0.1, 0.15) is 5.92 Å². The van der Waals surface area contributed by atoms with Crippen molar-refractivity contribution in [2.45, 2.75) is 18.2 Å². The van der Waals surface area contributed by atoms with E-state index in [9.17, 15) is 15.0 Å². The van der Waals surface area contributed by atoms with E-state index in [1.807, 2.05) is 6.07 Å². The molecule has 1 aromatic carbocycles. The van der Waals surface area contributed by atoms with Crippen LogP contribution < -0.4 is 0 Å². The first kappa shape index (κ1) is 11.1. The van der Waals surface area contributed by atoms with Crippen LogP contribution in [-0.2, 0) is 5.72 Å². The molecule has 3 atom stereocenters. The van der Waals surface area contributed by atoms with E-state index in [1.165, 1.54) is 13.0 Å². The minimum absolute atomic E-state index is 0.221. The van der Waals surface area contributed by atoms with Crippen LogP contribution in [0.3, 0.4) is 0 Å². The zero-order valence-corrected chi connectivity index (χ0v) is 9.58. The van der Waals surface area contributed by atoms with Crippen molar-refractivity contribution in [3.8, 4) is 6.07 Å². The van der Waals surface area contributed by atoms with Crippen LogP contribution in [0.25, 0.3) is 0 Å². The van der Waals surface area contributed by atoms with E-state index >= 15 is 0 Å². The molecule has 0 saturated heterocycles. The van der Waals surface area contributed by atoms with Crippen molar-refractivity contribution in [3.63, 3.8) is 0 Å². The van der Waals surface area contributed by atoms with Gasteiger partial charge in [0.2, 0.25) is 17.1 Å². The maximum absolute atomic E-state index is 12.3. The van der Waals surface area contributed by atoms with Crippen molar-refractivity contribution in [1.29, 1.82) is 5.26 Å². The largest absolute Gasteiger partial charge is 0.375 e. The predicted octanol–water partition coefficient (Wildman–Crippen LogP) is 0.373. The molecular formula is C13H10N2O3. The van der Waals surface area contributed by atoms with Crippen molar-refractivity contribution in [2.75, 3.05) is 0 Å². The van der Waals surface area contributed by atoms with Gasteiger partial charge in [0.15, 0.2) is 0 Å². The average Bonchev–Trinajstić information content (AvgIpc) is 2.65. The molecule has 0 aromatic heterocycles. The van der Waals surface area contributed by atoms with Crippen LogP contribution in [0.15, 0.2) is 29.3 Å². The number of carbonyl (C=O) groups is 1. The first-order valence-electron chi connectivity index (χ1n) is 5.52. The van der Waals surface area contributed by atoms with Gasteiger partial charge in [-0.05, 0) is 6.92 Å². The molecule has 0 amide bonds. The molecule has 1 aliphatic carbocycles. The monoisotopic (exact) mass is 242 g/mol. The number of carbonyl (C=O) groups excluding carboxylic acids is 1. The van der Waals surface area contributed by atoms with E-state index in [2.05, 4.69) is 4.99 Å². The summed E-state index contributed by atoms with van der Waals surface area (Å²) in [5.74, 6) is -1.77. The molecule has 5 nitrogen and oxygen atoms in total. The highest BCUT2D eigenvalue weighted by Gasteiger charge is 2.70. The lowest BCUT2D eigenvalue weighted by molar-refractivity contribution is -0.114. The molecule has 2 aliphatic rings. The molecule has 0 saturated carbocycles. The van der Waals surface area contributed by atoms with E-state index in [-0.39, 0.29) is 16.8 Å². The molecule has 0 bridgehead atoms. The van der Waals surface area contributed by atoms with Crippen LogP contribution in [0.2, 0.25) is 0 Å². The number of ketones is 1. The van der Waals surface area contributed by atoms with Gasteiger partial charge in [-0.2, -0.15) is 5.26 Å². The summed E-state index contributed by atoms with van der Waals surface area (Å²) < 4.78 is 0. The summed E-state index contributed by atoms with van der Waals surface area (Å²) in [4.78, 5) is 16.3. The summed E-state index contributed by atoms with van der Waals surface area (Å²) >= 11 is 0. The van der Waals surface area contributed by atoms with Crippen LogP contribution in [-0.4, -0.2) is 27.3 Å². The number of hydrogen-bond donors (Lipinski definition) is 2. The topological polar surface area (TPSA) is 93.7 Å². The SMILES string of the molecule is CC1=N[C@]2(O)c3ccccc3C(=O)[C@]2(O)C1C#N. The van der Waals surface area contributed by atoms with Gasteiger partial charge >= 0.3 is 0 Å². The lowest BCUT2D eigenvalue weighted by Crippen LogP contribution is -2.53. The molecule has 0 fully saturated rings. The summed E-state index contributed by atoms with van der Waals surface area (Å²) in [7, 11) is 0. The fraction of sp³-hybridized carbons (Fsp3) is 0.308. The van der Waals surface area contributed by atoms with E-state index in [0.29, 0.717) is 0 Å². The Morgan fingerprint density at radius 3 is 2.72 bits per heavy atom. The number of fused-ring (bicyclic) bond motifs is 3. The van der Waals surface area contributed by atoms with Crippen LogP contribution >= 0.6 is 0 Å². The van der Waals surface area contributed by atoms with Gasteiger partial charge in [0.25, 0.3) is 0 Å². The second-order valence-electron chi connectivity index (χ2n) is 4.63. The van der Waals surface area contributed by atoms with Gasteiger partial charge in [-0.25, -0.2) is 0 Å². The van der Waals surface area contributed by atoms with Crippen molar-refractivity contribution < 1.29 is 15.0 Å². The molecule has 1 heterocycles. The lowest BCUT2D eigenvalue weighted by Gasteiger charge is -2.29. The number of hydrogen-bond acceptors (Lipinski definition) is 5. The molecule has 90 valence electrons. The number of nitriles is 1. The predicted molar refractivity (Wildman–Crippen MR) is 61.8 cm³/mol. The fourth-order valence-corrected chi connectivity index (χ4v) is 2.84. The minimum atomic E-state index is -2.20. The minimum Gasteiger partial charge on any atom is -0.375 e. The Hall–Kier alpha value is -2.03. The van der Waals surface area contributed by atoms with Crippen LogP contribution in [0.1, 0.15) is 22.8 Å². The zero-order chi connectivity index (χ0) is 13.1. The molecule has 0 spiro atoms. The highest BCUT2D eigenvalue weighted by Crippen LogP contribution is 2.52. The van der Waals surface area contributed by atoms with E-state index in [0.717, 1.165) is 0 Å². The Morgan fingerprint density at radius 2 is 2.06 bits per heavy atom. The molecule has 5 heteroatoms. The third-order valence-corrected chi connectivity index (χ3v) is 3.73. The lowest BCUT2D eigenvalue weighted by atomic mass is 9.80. The third kappa shape index (κ3) is 0.905. The van der Waals surface area contributed by atoms with Gasteiger partial charge in [-0.1, -0.05) is 24.3 Å². The highest BCUT2D eigenvalue weighted by atomic mass is 16.4. The molecule has 1 aliphatic heterocycles. The molecule has 0 radical (unpaired) electrons. The van der Waals surface area contributed by atoms with E-state index in [1.54, 1.807) is 18.2 Å². The Morgan fingerprint density at radius 1 is 1.39 bits per heavy atom. The average molecular weight is 242 g/mol. The summed E-state index contributed by atoms with van der Waals surface area (Å²) in [6.45, 7) is 1.53. The number of aliphatic imine (C=N–C) groups is 1. The molecular weight excluding hydrogens is 232 g/mol. The summed E-state index contributed by atoms with van der Waals surface area (Å²) in [5.41, 5.74) is -3.49. The summed E-state index contributed by atoms with van der Waals surface area (Å²) in [6, 6.07) is 8.21. The van der Waals surface area contributed by atoms with Gasteiger partial charge in [0, 0.05) is 16.8 Å². The summed E-state index contributed by atoms with van der Waals surface area (Å²) in [6.07, 6.45) is 0. The van der Waals surface area contributed by atoms with Crippen molar-refractivity contribution in [3.05, 3.63) is 35.4 Å². The fourth-order valence-electron chi connectivity index (χ4n) is 2.84. The van der Waals surface area contributed by atoms with E-state index < -0.39 is 23.0 Å². The van der Waals surface area contributed by atoms with Gasteiger partial charge in [-0.3, -0.25) is 9.79 Å². The Labute approximate surface area is 103 Å². The number of aliphatic hydroxyl groups is 2. The Kier molecular flexibility index (Phi) is 1.88. The summed E-state index contributed by atoms with van der Waals surface area (Å²) in [5, 5.41) is 30.3.